The van der Waals surface area contributed by atoms with Crippen molar-refractivity contribution in [1.29, 1.82) is 0 Å². The van der Waals surface area contributed by atoms with Gasteiger partial charge in [0.15, 0.2) is 0 Å². The smallest absolute Gasteiger partial charge is 0.256 e. The van der Waals surface area contributed by atoms with E-state index < -0.39 is 5.82 Å². The van der Waals surface area contributed by atoms with Crippen LogP contribution in [0.3, 0.4) is 0 Å². The van der Waals surface area contributed by atoms with Gasteiger partial charge in [0.05, 0.1) is 5.56 Å². The van der Waals surface area contributed by atoms with Crippen LogP contribution in [0.25, 0.3) is 0 Å². The molecule has 1 aromatic carbocycles. The van der Waals surface area contributed by atoms with E-state index in [2.05, 4.69) is 21.2 Å². The maximum absolute atomic E-state index is 13.9. The molecule has 20 heavy (non-hydrogen) atoms. The van der Waals surface area contributed by atoms with E-state index in [4.69, 9.17) is 0 Å². The van der Waals surface area contributed by atoms with Crippen molar-refractivity contribution >= 4 is 21.8 Å². The Morgan fingerprint density at radius 3 is 2.75 bits per heavy atom. The first-order valence-electron chi connectivity index (χ1n) is 7.05. The molecule has 2 heterocycles. The quantitative estimate of drug-likeness (QED) is 0.852. The van der Waals surface area contributed by atoms with Gasteiger partial charge < -0.3 is 10.2 Å². The molecule has 0 aliphatic carbocycles. The van der Waals surface area contributed by atoms with Gasteiger partial charge in [-0.2, -0.15) is 0 Å². The summed E-state index contributed by atoms with van der Waals surface area (Å²) in [7, 11) is 0. The Balaban J connectivity index is 1.75. The highest BCUT2D eigenvalue weighted by Gasteiger charge is 2.40. The van der Waals surface area contributed by atoms with Crippen molar-refractivity contribution in [2.75, 3.05) is 26.2 Å². The lowest BCUT2D eigenvalue weighted by Crippen LogP contribution is -2.39. The third-order valence-electron chi connectivity index (χ3n) is 4.55. The van der Waals surface area contributed by atoms with Crippen LogP contribution in [-0.4, -0.2) is 37.0 Å². The van der Waals surface area contributed by atoms with E-state index >= 15 is 0 Å². The average molecular weight is 341 g/mol. The maximum atomic E-state index is 13.9. The van der Waals surface area contributed by atoms with Crippen molar-refractivity contribution in [1.82, 2.24) is 10.2 Å². The Morgan fingerprint density at radius 2 is 2.05 bits per heavy atom. The SMILES string of the molecule is O=C(c1ccc(Br)cc1F)N1CCC2(CCNCC2)C1. The summed E-state index contributed by atoms with van der Waals surface area (Å²) in [6, 6.07) is 4.63. The second kappa shape index (κ2) is 5.45. The van der Waals surface area contributed by atoms with Crippen LogP contribution in [0.15, 0.2) is 22.7 Å². The molecule has 1 aromatic rings. The van der Waals surface area contributed by atoms with Crippen molar-refractivity contribution in [2.24, 2.45) is 5.41 Å². The van der Waals surface area contributed by atoms with Gasteiger partial charge in [-0.15, -0.1) is 0 Å². The van der Waals surface area contributed by atoms with Gasteiger partial charge in [-0.05, 0) is 56.0 Å². The van der Waals surface area contributed by atoms with Crippen molar-refractivity contribution in [2.45, 2.75) is 19.3 Å². The molecule has 0 saturated carbocycles. The van der Waals surface area contributed by atoms with Crippen LogP contribution in [-0.2, 0) is 0 Å². The van der Waals surface area contributed by atoms with Crippen LogP contribution in [0.2, 0.25) is 0 Å². The number of carbonyl (C=O) groups is 1. The van der Waals surface area contributed by atoms with Crippen LogP contribution < -0.4 is 5.32 Å². The second-order valence-corrected chi connectivity index (χ2v) is 6.77. The summed E-state index contributed by atoms with van der Waals surface area (Å²) < 4.78 is 14.6. The Morgan fingerprint density at radius 1 is 1.30 bits per heavy atom. The molecule has 0 atom stereocenters. The average Bonchev–Trinajstić information content (AvgIpc) is 2.83. The fraction of sp³-hybridized carbons (Fsp3) is 0.533. The number of rotatable bonds is 1. The molecule has 1 N–H and O–H groups in total. The number of benzene rings is 1. The zero-order valence-corrected chi connectivity index (χ0v) is 12.9. The molecule has 2 saturated heterocycles. The molecule has 2 aliphatic rings. The molecule has 3 rings (SSSR count). The molecule has 1 spiro atoms. The predicted octanol–water partition coefficient (Wildman–Crippen LogP) is 2.80. The standard InChI is InChI=1S/C15H18BrFN2O/c16-11-1-2-12(13(17)9-11)14(20)19-8-5-15(10-19)3-6-18-7-4-15/h1-2,9,18H,3-8,10H2. The summed E-state index contributed by atoms with van der Waals surface area (Å²) >= 11 is 3.21. The minimum atomic E-state index is -0.448. The highest BCUT2D eigenvalue weighted by molar-refractivity contribution is 9.10. The van der Waals surface area contributed by atoms with Gasteiger partial charge in [0, 0.05) is 17.6 Å². The fourth-order valence-electron chi connectivity index (χ4n) is 3.31. The topological polar surface area (TPSA) is 32.3 Å². The van der Waals surface area contributed by atoms with Crippen molar-refractivity contribution in [3.63, 3.8) is 0 Å². The van der Waals surface area contributed by atoms with E-state index in [1.165, 1.54) is 6.07 Å². The Bertz CT molecular complexity index is 529. The molecular formula is C15H18BrFN2O. The molecule has 0 bridgehead atoms. The molecule has 108 valence electrons. The monoisotopic (exact) mass is 340 g/mol. The zero-order valence-electron chi connectivity index (χ0n) is 11.3. The van der Waals surface area contributed by atoms with Gasteiger partial charge in [-0.25, -0.2) is 4.39 Å². The minimum absolute atomic E-state index is 0.176. The third kappa shape index (κ3) is 2.61. The molecule has 2 aliphatic heterocycles. The van der Waals surface area contributed by atoms with E-state index in [9.17, 15) is 9.18 Å². The number of piperidine rings is 1. The summed E-state index contributed by atoms with van der Waals surface area (Å²) in [6.45, 7) is 3.56. The molecule has 5 heteroatoms. The summed E-state index contributed by atoms with van der Waals surface area (Å²) in [5.74, 6) is -0.624. The first kappa shape index (κ1) is 14.0. The molecule has 3 nitrogen and oxygen atoms in total. The van der Waals surface area contributed by atoms with Crippen LogP contribution in [0, 0.1) is 11.2 Å². The number of hydrogen-bond acceptors (Lipinski definition) is 2. The fourth-order valence-corrected chi connectivity index (χ4v) is 3.64. The summed E-state index contributed by atoms with van der Waals surface area (Å²) in [5, 5.41) is 3.36. The predicted molar refractivity (Wildman–Crippen MR) is 79.2 cm³/mol. The summed E-state index contributed by atoms with van der Waals surface area (Å²) in [4.78, 5) is 14.3. The maximum Gasteiger partial charge on any atom is 0.256 e. The van der Waals surface area contributed by atoms with Gasteiger partial charge in [0.25, 0.3) is 5.91 Å². The number of carbonyl (C=O) groups excluding carboxylic acids is 1. The molecule has 2 fully saturated rings. The van der Waals surface area contributed by atoms with E-state index in [1.54, 1.807) is 12.1 Å². The highest BCUT2D eigenvalue weighted by Crippen LogP contribution is 2.39. The molecule has 0 radical (unpaired) electrons. The number of halogens is 2. The van der Waals surface area contributed by atoms with Gasteiger partial charge in [0.1, 0.15) is 5.82 Å². The summed E-state index contributed by atoms with van der Waals surface area (Å²) in [5.41, 5.74) is 0.436. The molecule has 0 aromatic heterocycles. The van der Waals surface area contributed by atoms with Gasteiger partial charge in [-0.3, -0.25) is 4.79 Å². The number of amides is 1. The largest absolute Gasteiger partial charge is 0.338 e. The number of nitrogens with zero attached hydrogens (tertiary/aromatic N) is 1. The lowest BCUT2D eigenvalue weighted by molar-refractivity contribution is 0.0757. The van der Waals surface area contributed by atoms with Gasteiger partial charge in [0.2, 0.25) is 0 Å². The zero-order chi connectivity index (χ0) is 14.2. The Kier molecular flexibility index (Phi) is 3.82. The van der Waals surface area contributed by atoms with E-state index in [0.717, 1.165) is 45.4 Å². The normalized spacial score (nSPS) is 21.4. The first-order chi connectivity index (χ1) is 9.60. The molecular weight excluding hydrogens is 323 g/mol. The van der Waals surface area contributed by atoms with Crippen LogP contribution in [0.5, 0.6) is 0 Å². The van der Waals surface area contributed by atoms with Gasteiger partial charge >= 0.3 is 0 Å². The molecule has 1 amide bonds. The van der Waals surface area contributed by atoms with Crippen LogP contribution in [0.4, 0.5) is 4.39 Å². The van der Waals surface area contributed by atoms with Gasteiger partial charge in [-0.1, -0.05) is 15.9 Å². The molecule has 0 unspecified atom stereocenters. The number of hydrogen-bond donors (Lipinski definition) is 1. The lowest BCUT2D eigenvalue weighted by Gasteiger charge is -2.33. The number of likely N-dealkylation sites (tertiary alicyclic amines) is 1. The minimum Gasteiger partial charge on any atom is -0.338 e. The van der Waals surface area contributed by atoms with E-state index in [-0.39, 0.29) is 16.9 Å². The van der Waals surface area contributed by atoms with Crippen molar-refractivity contribution < 1.29 is 9.18 Å². The Hall–Kier alpha value is -0.940. The van der Waals surface area contributed by atoms with E-state index in [1.807, 2.05) is 4.90 Å². The lowest BCUT2D eigenvalue weighted by atomic mass is 9.78. The van der Waals surface area contributed by atoms with Crippen molar-refractivity contribution in [3.05, 3.63) is 34.1 Å². The third-order valence-corrected chi connectivity index (χ3v) is 5.04. The first-order valence-corrected chi connectivity index (χ1v) is 7.84. The van der Waals surface area contributed by atoms with Crippen LogP contribution in [0.1, 0.15) is 29.6 Å². The second-order valence-electron chi connectivity index (χ2n) is 5.85. The van der Waals surface area contributed by atoms with Crippen LogP contribution >= 0.6 is 15.9 Å². The summed E-state index contributed by atoms with van der Waals surface area (Å²) in [6.07, 6.45) is 3.26. The van der Waals surface area contributed by atoms with E-state index in [0.29, 0.717) is 4.47 Å². The highest BCUT2D eigenvalue weighted by atomic mass is 79.9. The number of nitrogens with one attached hydrogen (secondary N) is 1. The Labute approximate surface area is 126 Å². The van der Waals surface area contributed by atoms with Crippen molar-refractivity contribution in [3.8, 4) is 0 Å².